The highest BCUT2D eigenvalue weighted by molar-refractivity contribution is 7.07. The molecule has 0 aromatic carbocycles. The van der Waals surface area contributed by atoms with E-state index in [9.17, 15) is 0 Å². The third-order valence-electron chi connectivity index (χ3n) is 5.03. The lowest BCUT2D eigenvalue weighted by Gasteiger charge is -2.62. The molecule has 0 radical (unpaired) electrons. The zero-order valence-corrected chi connectivity index (χ0v) is 14.3. The lowest BCUT2D eigenvalue weighted by molar-refractivity contribution is -0.0667. The Hall–Kier alpha value is -1.03. The van der Waals surface area contributed by atoms with Crippen molar-refractivity contribution in [3.05, 3.63) is 22.4 Å². The number of rotatable bonds is 3. The van der Waals surface area contributed by atoms with E-state index in [2.05, 4.69) is 66.7 Å². The molecule has 0 spiro atoms. The van der Waals surface area contributed by atoms with Crippen LogP contribution in [-0.4, -0.2) is 36.5 Å². The van der Waals surface area contributed by atoms with Crippen LogP contribution in [-0.2, 0) is 0 Å². The zero-order chi connectivity index (χ0) is 15.0. The minimum Gasteiger partial charge on any atom is -0.356 e. The summed E-state index contributed by atoms with van der Waals surface area (Å²) >= 11 is 1.76. The summed E-state index contributed by atoms with van der Waals surface area (Å²) in [4.78, 5) is 6.84. The molecule has 1 fully saturated rings. The summed E-state index contributed by atoms with van der Waals surface area (Å²) in [6, 6.07) is 2.20. The number of nitrogens with zero attached hydrogens (tertiary/aromatic N) is 2. The quantitative estimate of drug-likeness (QED) is 0.682. The molecule has 112 valence electrons. The largest absolute Gasteiger partial charge is 0.356 e. The van der Waals surface area contributed by atoms with Crippen LogP contribution in [0.25, 0.3) is 0 Å². The van der Waals surface area contributed by atoms with Crippen LogP contribution in [0.2, 0.25) is 0 Å². The molecule has 1 aliphatic rings. The molecule has 20 heavy (non-hydrogen) atoms. The number of hydrogen-bond acceptors (Lipinski definition) is 2. The summed E-state index contributed by atoms with van der Waals surface area (Å²) in [7, 11) is 1.87. The van der Waals surface area contributed by atoms with Crippen molar-refractivity contribution in [3.63, 3.8) is 0 Å². The molecule has 4 heteroatoms. The highest BCUT2D eigenvalue weighted by Gasteiger charge is 2.53. The van der Waals surface area contributed by atoms with Crippen LogP contribution in [0.3, 0.4) is 0 Å². The van der Waals surface area contributed by atoms with Crippen molar-refractivity contribution in [1.29, 1.82) is 0 Å². The number of guanidine groups is 1. The van der Waals surface area contributed by atoms with E-state index in [1.807, 2.05) is 7.05 Å². The molecular weight excluding hydrogens is 266 g/mol. The average molecular weight is 293 g/mol. The van der Waals surface area contributed by atoms with Gasteiger partial charge in [-0.15, -0.1) is 0 Å². The van der Waals surface area contributed by atoms with Gasteiger partial charge in [-0.1, -0.05) is 20.8 Å². The fourth-order valence-corrected chi connectivity index (χ4v) is 3.40. The lowest BCUT2D eigenvalue weighted by Crippen LogP contribution is -2.72. The Labute approximate surface area is 127 Å². The highest BCUT2D eigenvalue weighted by Crippen LogP contribution is 2.46. The van der Waals surface area contributed by atoms with E-state index in [4.69, 9.17) is 0 Å². The van der Waals surface area contributed by atoms with Gasteiger partial charge in [0.25, 0.3) is 0 Å². The smallest absolute Gasteiger partial charge is 0.194 e. The minimum absolute atomic E-state index is 0.153. The number of likely N-dealkylation sites (tertiary alicyclic amines) is 1. The van der Waals surface area contributed by atoms with E-state index >= 15 is 0 Å². The van der Waals surface area contributed by atoms with Gasteiger partial charge in [0, 0.05) is 31.1 Å². The maximum atomic E-state index is 4.46. The molecule has 1 aromatic rings. The average Bonchev–Trinajstić information content (AvgIpc) is 2.91. The molecule has 0 bridgehead atoms. The van der Waals surface area contributed by atoms with Crippen LogP contribution in [0, 0.1) is 5.41 Å². The van der Waals surface area contributed by atoms with Gasteiger partial charge in [0.05, 0.1) is 0 Å². The van der Waals surface area contributed by atoms with Gasteiger partial charge in [0.2, 0.25) is 0 Å². The Kier molecular flexibility index (Phi) is 4.14. The third-order valence-corrected chi connectivity index (χ3v) is 5.73. The monoisotopic (exact) mass is 293 g/mol. The van der Waals surface area contributed by atoms with E-state index in [-0.39, 0.29) is 5.54 Å². The molecule has 1 aromatic heterocycles. The van der Waals surface area contributed by atoms with Crippen molar-refractivity contribution in [2.24, 2.45) is 10.4 Å². The first-order valence-corrected chi connectivity index (χ1v) is 8.24. The van der Waals surface area contributed by atoms with Gasteiger partial charge in [-0.2, -0.15) is 11.3 Å². The maximum absolute atomic E-state index is 4.46. The van der Waals surface area contributed by atoms with Gasteiger partial charge < -0.3 is 10.2 Å². The minimum atomic E-state index is 0.153. The summed E-state index contributed by atoms with van der Waals surface area (Å²) in [6.45, 7) is 13.5. The Bertz CT molecular complexity index is 474. The summed E-state index contributed by atoms with van der Waals surface area (Å²) in [5.74, 6) is 1.53. The SMILES string of the molecule is CN=C(NCC(C)c1ccsc1)N1CC(C)(C)C1(C)C. The lowest BCUT2D eigenvalue weighted by atomic mass is 9.65. The number of hydrogen-bond donors (Lipinski definition) is 1. The second-order valence-corrected chi connectivity index (χ2v) is 7.69. The highest BCUT2D eigenvalue weighted by atomic mass is 32.1. The van der Waals surface area contributed by atoms with Crippen LogP contribution in [0.15, 0.2) is 21.8 Å². The van der Waals surface area contributed by atoms with Gasteiger partial charge in [0.15, 0.2) is 5.96 Å². The fourth-order valence-electron chi connectivity index (χ4n) is 2.61. The Morgan fingerprint density at radius 3 is 2.60 bits per heavy atom. The van der Waals surface area contributed by atoms with Crippen LogP contribution in [0.5, 0.6) is 0 Å². The summed E-state index contributed by atoms with van der Waals surface area (Å²) in [5.41, 5.74) is 1.89. The molecule has 2 rings (SSSR count). The van der Waals surface area contributed by atoms with Crippen molar-refractivity contribution >= 4 is 17.3 Å². The summed E-state index contributed by atoms with van der Waals surface area (Å²) in [6.07, 6.45) is 0. The van der Waals surface area contributed by atoms with Crippen LogP contribution >= 0.6 is 11.3 Å². The van der Waals surface area contributed by atoms with Gasteiger partial charge in [0.1, 0.15) is 0 Å². The predicted molar refractivity (Wildman–Crippen MR) is 88.7 cm³/mol. The molecule has 2 heterocycles. The Morgan fingerprint density at radius 2 is 2.15 bits per heavy atom. The number of aliphatic imine (C=N–C) groups is 1. The van der Waals surface area contributed by atoms with E-state index in [1.54, 1.807) is 11.3 Å². The Morgan fingerprint density at radius 1 is 1.45 bits per heavy atom. The van der Waals surface area contributed by atoms with Gasteiger partial charge in [-0.05, 0) is 42.2 Å². The van der Waals surface area contributed by atoms with E-state index in [0.29, 0.717) is 11.3 Å². The van der Waals surface area contributed by atoms with Crippen LogP contribution in [0.1, 0.15) is 46.1 Å². The van der Waals surface area contributed by atoms with Crippen LogP contribution < -0.4 is 5.32 Å². The second-order valence-electron chi connectivity index (χ2n) is 6.91. The topological polar surface area (TPSA) is 27.6 Å². The van der Waals surface area contributed by atoms with Gasteiger partial charge in [-0.3, -0.25) is 4.99 Å². The molecule has 1 unspecified atom stereocenters. The van der Waals surface area contributed by atoms with E-state index < -0.39 is 0 Å². The molecule has 3 nitrogen and oxygen atoms in total. The molecule has 1 N–H and O–H groups in total. The van der Waals surface area contributed by atoms with E-state index in [1.165, 1.54) is 5.56 Å². The van der Waals surface area contributed by atoms with Crippen molar-refractivity contribution in [2.75, 3.05) is 20.1 Å². The molecule has 1 saturated heterocycles. The van der Waals surface area contributed by atoms with Gasteiger partial charge in [-0.25, -0.2) is 0 Å². The molecule has 0 saturated carbocycles. The second kappa shape index (κ2) is 5.40. The first kappa shape index (κ1) is 15.4. The van der Waals surface area contributed by atoms with Crippen molar-refractivity contribution in [2.45, 2.75) is 46.1 Å². The molecule has 0 amide bonds. The normalized spacial score (nSPS) is 22.3. The first-order valence-electron chi connectivity index (χ1n) is 7.30. The molecule has 1 aliphatic heterocycles. The molecular formula is C16H27N3S. The summed E-state index contributed by atoms with van der Waals surface area (Å²) < 4.78 is 0. The van der Waals surface area contributed by atoms with Gasteiger partial charge >= 0.3 is 0 Å². The maximum Gasteiger partial charge on any atom is 0.194 e. The van der Waals surface area contributed by atoms with Crippen molar-refractivity contribution in [3.8, 4) is 0 Å². The molecule has 0 aliphatic carbocycles. The fraction of sp³-hybridized carbons (Fsp3) is 0.688. The number of nitrogens with one attached hydrogen (secondary N) is 1. The van der Waals surface area contributed by atoms with Crippen molar-refractivity contribution in [1.82, 2.24) is 10.2 Å². The summed E-state index contributed by atoms with van der Waals surface area (Å²) in [5, 5.41) is 7.90. The van der Waals surface area contributed by atoms with E-state index in [0.717, 1.165) is 19.0 Å². The zero-order valence-electron chi connectivity index (χ0n) is 13.5. The third kappa shape index (κ3) is 2.58. The molecule has 1 atom stereocenters. The predicted octanol–water partition coefficient (Wildman–Crippen LogP) is 3.55. The first-order chi connectivity index (χ1) is 9.29. The van der Waals surface area contributed by atoms with Crippen molar-refractivity contribution < 1.29 is 0 Å². The standard InChI is InChI=1S/C16H27N3S/c1-12(13-7-8-20-10-13)9-18-14(17-6)19-11-15(2,3)16(19,4)5/h7-8,10,12H,9,11H2,1-6H3,(H,17,18). The van der Waals surface area contributed by atoms with Crippen LogP contribution in [0.4, 0.5) is 0 Å². The number of thiophene rings is 1. The Balaban J connectivity index is 1.95.